The molecule has 0 bridgehead atoms. The monoisotopic (exact) mass is 282 g/mol. The van der Waals surface area contributed by atoms with Gasteiger partial charge >= 0.3 is 0 Å². The Bertz CT molecular complexity index is 424. The fraction of sp³-hybridized carbons (Fsp3) is 0.571. The van der Waals surface area contributed by atoms with Crippen molar-refractivity contribution in [3.8, 4) is 0 Å². The number of nitrogens with zero attached hydrogens (tertiary/aromatic N) is 1. The maximum absolute atomic E-state index is 10.8. The second kappa shape index (κ2) is 8.04. The average molecular weight is 282 g/mol. The molecule has 0 spiro atoms. The van der Waals surface area contributed by atoms with Gasteiger partial charge in [0.25, 0.3) is 5.69 Å². The normalized spacial score (nSPS) is 12.2. The first-order chi connectivity index (χ1) is 9.08. The molecule has 5 heteroatoms. The van der Waals surface area contributed by atoms with Crippen LogP contribution in [0.4, 0.5) is 11.4 Å². The lowest BCUT2D eigenvalue weighted by atomic mass is 10.1. The summed E-state index contributed by atoms with van der Waals surface area (Å²) in [5, 5.41) is 14.1. The maximum atomic E-state index is 10.8. The largest absolute Gasteiger partial charge is 0.385 e. The number of thioether (sulfide) groups is 1. The summed E-state index contributed by atoms with van der Waals surface area (Å²) in [6.07, 6.45) is 1.17. The molecule has 1 N–H and O–H groups in total. The van der Waals surface area contributed by atoms with Gasteiger partial charge in [-0.3, -0.25) is 10.1 Å². The minimum atomic E-state index is -0.335. The van der Waals surface area contributed by atoms with E-state index in [1.165, 1.54) is 6.42 Å². The van der Waals surface area contributed by atoms with E-state index in [0.717, 1.165) is 29.3 Å². The Morgan fingerprint density at radius 3 is 2.74 bits per heavy atom. The molecule has 0 saturated carbocycles. The van der Waals surface area contributed by atoms with Gasteiger partial charge < -0.3 is 5.32 Å². The van der Waals surface area contributed by atoms with Crippen molar-refractivity contribution in [2.45, 2.75) is 32.9 Å². The van der Waals surface area contributed by atoms with E-state index in [1.807, 2.05) is 18.7 Å². The van der Waals surface area contributed by atoms with Crippen molar-refractivity contribution in [2.75, 3.05) is 17.6 Å². The SMILES string of the molecule is CCNc1ccc([N+](=O)[O-])cc1CSCC(C)CC. The standard InChI is InChI=1S/C14H22N2O2S/c1-4-11(3)9-19-10-12-8-13(16(17)18)6-7-14(12)15-5-2/h6-8,11,15H,4-5,9-10H2,1-3H3. The molecule has 1 aromatic rings. The fourth-order valence-electron chi connectivity index (χ4n) is 1.66. The molecule has 19 heavy (non-hydrogen) atoms. The molecule has 106 valence electrons. The zero-order chi connectivity index (χ0) is 14.3. The van der Waals surface area contributed by atoms with Gasteiger partial charge in [-0.15, -0.1) is 0 Å². The lowest BCUT2D eigenvalue weighted by Crippen LogP contribution is -2.02. The van der Waals surface area contributed by atoms with Gasteiger partial charge in [-0.25, -0.2) is 0 Å². The van der Waals surface area contributed by atoms with Crippen LogP contribution in [0.1, 0.15) is 32.8 Å². The van der Waals surface area contributed by atoms with Crippen LogP contribution in [-0.2, 0) is 5.75 Å². The summed E-state index contributed by atoms with van der Waals surface area (Å²) in [6.45, 7) is 7.26. The molecule has 0 aliphatic rings. The number of nitrogens with one attached hydrogen (secondary N) is 1. The zero-order valence-corrected chi connectivity index (χ0v) is 12.6. The number of nitro benzene ring substituents is 1. The molecule has 1 atom stereocenters. The van der Waals surface area contributed by atoms with Crippen LogP contribution in [0.15, 0.2) is 18.2 Å². The predicted molar refractivity (Wildman–Crippen MR) is 82.9 cm³/mol. The van der Waals surface area contributed by atoms with Crippen molar-refractivity contribution < 1.29 is 4.92 Å². The molecule has 0 amide bonds. The first-order valence-corrected chi connectivity index (χ1v) is 7.82. The Kier molecular flexibility index (Phi) is 6.70. The number of rotatable bonds is 8. The van der Waals surface area contributed by atoms with Gasteiger partial charge in [0.05, 0.1) is 4.92 Å². The van der Waals surface area contributed by atoms with Gasteiger partial charge in [-0.05, 0) is 30.2 Å². The average Bonchev–Trinajstić information content (AvgIpc) is 2.40. The third kappa shape index (κ3) is 5.11. The molecule has 1 unspecified atom stereocenters. The first kappa shape index (κ1) is 15.8. The van der Waals surface area contributed by atoms with Crippen LogP contribution in [0.3, 0.4) is 0 Å². The molecule has 0 aliphatic carbocycles. The smallest absolute Gasteiger partial charge is 0.269 e. The molecule has 0 fully saturated rings. The van der Waals surface area contributed by atoms with Crippen LogP contribution in [-0.4, -0.2) is 17.2 Å². The number of hydrogen-bond donors (Lipinski definition) is 1. The van der Waals surface area contributed by atoms with Crippen LogP contribution in [0.25, 0.3) is 0 Å². The van der Waals surface area contributed by atoms with E-state index in [4.69, 9.17) is 0 Å². The van der Waals surface area contributed by atoms with Crippen molar-refractivity contribution in [1.82, 2.24) is 0 Å². The molecule has 0 aliphatic heterocycles. The van der Waals surface area contributed by atoms with Crippen molar-refractivity contribution in [3.63, 3.8) is 0 Å². The summed E-state index contributed by atoms with van der Waals surface area (Å²) in [5.74, 6) is 2.59. The van der Waals surface area contributed by atoms with Gasteiger partial charge in [0.2, 0.25) is 0 Å². The molecule has 1 aromatic carbocycles. The zero-order valence-electron chi connectivity index (χ0n) is 11.8. The molecule has 0 heterocycles. The highest BCUT2D eigenvalue weighted by molar-refractivity contribution is 7.98. The molecule has 0 radical (unpaired) electrons. The summed E-state index contributed by atoms with van der Waals surface area (Å²) in [7, 11) is 0. The Morgan fingerprint density at radius 2 is 2.16 bits per heavy atom. The van der Waals surface area contributed by atoms with E-state index in [-0.39, 0.29) is 10.6 Å². The number of anilines is 1. The lowest BCUT2D eigenvalue weighted by Gasteiger charge is -2.12. The van der Waals surface area contributed by atoms with Crippen LogP contribution < -0.4 is 5.32 Å². The highest BCUT2D eigenvalue weighted by Gasteiger charge is 2.11. The number of benzene rings is 1. The summed E-state index contributed by atoms with van der Waals surface area (Å²) in [4.78, 5) is 10.5. The van der Waals surface area contributed by atoms with E-state index in [2.05, 4.69) is 19.2 Å². The van der Waals surface area contributed by atoms with E-state index in [9.17, 15) is 10.1 Å². The highest BCUT2D eigenvalue weighted by atomic mass is 32.2. The number of non-ortho nitro benzene ring substituents is 1. The number of hydrogen-bond acceptors (Lipinski definition) is 4. The Labute approximate surface area is 119 Å². The van der Waals surface area contributed by atoms with Gasteiger partial charge in [-0.2, -0.15) is 11.8 Å². The minimum absolute atomic E-state index is 0.167. The minimum Gasteiger partial charge on any atom is -0.385 e. The summed E-state index contributed by atoms with van der Waals surface area (Å²) >= 11 is 1.84. The third-order valence-electron chi connectivity index (χ3n) is 3.02. The maximum Gasteiger partial charge on any atom is 0.269 e. The molecule has 0 saturated heterocycles. The van der Waals surface area contributed by atoms with E-state index in [0.29, 0.717) is 5.92 Å². The second-order valence-electron chi connectivity index (χ2n) is 4.66. The van der Waals surface area contributed by atoms with Crippen molar-refractivity contribution in [2.24, 2.45) is 5.92 Å². The van der Waals surface area contributed by atoms with Gasteiger partial charge in [-0.1, -0.05) is 20.3 Å². The van der Waals surface area contributed by atoms with E-state index in [1.54, 1.807) is 18.2 Å². The Hall–Kier alpha value is -1.23. The highest BCUT2D eigenvalue weighted by Crippen LogP contribution is 2.27. The summed E-state index contributed by atoms with van der Waals surface area (Å²) < 4.78 is 0. The van der Waals surface area contributed by atoms with Crippen molar-refractivity contribution in [3.05, 3.63) is 33.9 Å². The van der Waals surface area contributed by atoms with Gasteiger partial charge in [0.15, 0.2) is 0 Å². The number of nitro groups is 1. The fourth-order valence-corrected chi connectivity index (χ4v) is 2.88. The molecule has 4 nitrogen and oxygen atoms in total. The van der Waals surface area contributed by atoms with Crippen molar-refractivity contribution >= 4 is 23.1 Å². The second-order valence-corrected chi connectivity index (χ2v) is 5.69. The van der Waals surface area contributed by atoms with Crippen molar-refractivity contribution in [1.29, 1.82) is 0 Å². The van der Waals surface area contributed by atoms with Gasteiger partial charge in [0, 0.05) is 30.1 Å². The molecular weight excluding hydrogens is 260 g/mol. The van der Waals surface area contributed by atoms with Crippen LogP contribution in [0, 0.1) is 16.0 Å². The van der Waals surface area contributed by atoms with Crippen LogP contribution in [0.2, 0.25) is 0 Å². The first-order valence-electron chi connectivity index (χ1n) is 6.67. The molecule has 0 aromatic heterocycles. The van der Waals surface area contributed by atoms with E-state index < -0.39 is 0 Å². The van der Waals surface area contributed by atoms with Crippen LogP contribution in [0.5, 0.6) is 0 Å². The molecular formula is C14H22N2O2S. The summed E-state index contributed by atoms with van der Waals surface area (Å²) in [6, 6.07) is 5.04. The topological polar surface area (TPSA) is 55.2 Å². The predicted octanol–water partition coefficient (Wildman–Crippen LogP) is 4.31. The summed E-state index contributed by atoms with van der Waals surface area (Å²) in [5.41, 5.74) is 2.19. The third-order valence-corrected chi connectivity index (χ3v) is 4.34. The Morgan fingerprint density at radius 1 is 1.42 bits per heavy atom. The molecule has 1 rings (SSSR count). The lowest BCUT2D eigenvalue weighted by molar-refractivity contribution is -0.384. The Balaban J connectivity index is 2.76. The van der Waals surface area contributed by atoms with E-state index >= 15 is 0 Å². The van der Waals surface area contributed by atoms with Crippen LogP contribution >= 0.6 is 11.8 Å². The van der Waals surface area contributed by atoms with Gasteiger partial charge in [0.1, 0.15) is 0 Å². The quantitative estimate of drug-likeness (QED) is 0.570.